The minimum absolute atomic E-state index is 0. The fourth-order valence-corrected chi connectivity index (χ4v) is 2.50. The summed E-state index contributed by atoms with van der Waals surface area (Å²) in [5.41, 5.74) is 6.39. The van der Waals surface area contributed by atoms with E-state index >= 15 is 0 Å². The third-order valence-electron chi connectivity index (χ3n) is 3.49. The highest BCUT2D eigenvalue weighted by Gasteiger charge is 2.14. The highest BCUT2D eigenvalue weighted by atomic mass is 127. The SMILES string of the molecule is I.NC(=NCCNC(=O)c1ccc(Cl)cc1)NC1CCCC1. The summed E-state index contributed by atoms with van der Waals surface area (Å²) in [5.74, 6) is 0.326. The molecular weight excluding hydrogens is 415 g/mol. The first-order valence-electron chi connectivity index (χ1n) is 7.25. The van der Waals surface area contributed by atoms with Gasteiger partial charge in [-0.3, -0.25) is 9.79 Å². The summed E-state index contributed by atoms with van der Waals surface area (Å²) in [6.07, 6.45) is 4.82. The molecule has 1 aliphatic carbocycles. The number of nitrogens with one attached hydrogen (secondary N) is 2. The molecule has 0 saturated heterocycles. The summed E-state index contributed by atoms with van der Waals surface area (Å²) in [6, 6.07) is 7.22. The molecule has 0 atom stereocenters. The molecule has 5 nitrogen and oxygen atoms in total. The van der Waals surface area contributed by atoms with E-state index in [0.717, 1.165) is 12.8 Å². The predicted molar refractivity (Wildman–Crippen MR) is 101 cm³/mol. The van der Waals surface area contributed by atoms with Crippen LogP contribution in [-0.4, -0.2) is 31.0 Å². The lowest BCUT2D eigenvalue weighted by Gasteiger charge is -2.12. The highest BCUT2D eigenvalue weighted by molar-refractivity contribution is 14.0. The van der Waals surface area contributed by atoms with Crippen molar-refractivity contribution in [2.75, 3.05) is 13.1 Å². The van der Waals surface area contributed by atoms with Crippen molar-refractivity contribution < 1.29 is 4.79 Å². The van der Waals surface area contributed by atoms with E-state index in [2.05, 4.69) is 15.6 Å². The number of hydrogen-bond acceptors (Lipinski definition) is 2. The average molecular weight is 437 g/mol. The number of rotatable bonds is 5. The molecule has 0 heterocycles. The highest BCUT2D eigenvalue weighted by Crippen LogP contribution is 2.17. The summed E-state index contributed by atoms with van der Waals surface area (Å²) in [7, 11) is 0. The number of carbonyl (C=O) groups is 1. The molecule has 0 aliphatic heterocycles. The Morgan fingerprint density at radius 1 is 1.27 bits per heavy atom. The van der Waals surface area contributed by atoms with Crippen molar-refractivity contribution >= 4 is 47.4 Å². The van der Waals surface area contributed by atoms with Crippen molar-refractivity contribution in [1.82, 2.24) is 10.6 Å². The van der Waals surface area contributed by atoms with E-state index in [0.29, 0.717) is 35.7 Å². The first-order chi connectivity index (χ1) is 10.1. The molecule has 22 heavy (non-hydrogen) atoms. The molecule has 1 aromatic carbocycles. The molecule has 1 aliphatic rings. The number of carbonyl (C=O) groups excluding carboxylic acids is 1. The molecule has 4 N–H and O–H groups in total. The van der Waals surface area contributed by atoms with Crippen molar-refractivity contribution in [2.24, 2.45) is 10.7 Å². The van der Waals surface area contributed by atoms with Gasteiger partial charge in [0, 0.05) is 23.2 Å². The first kappa shape index (κ1) is 19.0. The van der Waals surface area contributed by atoms with Gasteiger partial charge in [-0.2, -0.15) is 0 Å². The van der Waals surface area contributed by atoms with Crippen molar-refractivity contribution in [3.63, 3.8) is 0 Å². The lowest BCUT2D eigenvalue weighted by atomic mass is 10.2. The number of nitrogens with two attached hydrogens (primary N) is 1. The van der Waals surface area contributed by atoms with Gasteiger partial charge in [0.2, 0.25) is 0 Å². The summed E-state index contributed by atoms with van der Waals surface area (Å²) in [4.78, 5) is 16.0. The van der Waals surface area contributed by atoms with E-state index in [4.69, 9.17) is 17.3 Å². The molecule has 0 radical (unpaired) electrons. The lowest BCUT2D eigenvalue weighted by molar-refractivity contribution is 0.0955. The Kier molecular flexibility index (Phi) is 8.55. The number of hydrogen-bond donors (Lipinski definition) is 3. The largest absolute Gasteiger partial charge is 0.370 e. The van der Waals surface area contributed by atoms with E-state index in [1.807, 2.05) is 0 Å². The van der Waals surface area contributed by atoms with Gasteiger partial charge in [0.05, 0.1) is 6.54 Å². The number of guanidine groups is 1. The Morgan fingerprint density at radius 3 is 2.55 bits per heavy atom. The van der Waals surface area contributed by atoms with Crippen LogP contribution in [0, 0.1) is 0 Å². The second-order valence-electron chi connectivity index (χ2n) is 5.16. The van der Waals surface area contributed by atoms with Gasteiger partial charge in [0.15, 0.2) is 5.96 Å². The van der Waals surface area contributed by atoms with E-state index in [1.54, 1.807) is 24.3 Å². The number of halogens is 2. The Labute approximate surface area is 153 Å². The molecule has 1 amide bonds. The Morgan fingerprint density at radius 2 is 1.91 bits per heavy atom. The second-order valence-corrected chi connectivity index (χ2v) is 5.59. The third-order valence-corrected chi connectivity index (χ3v) is 3.75. The smallest absolute Gasteiger partial charge is 0.251 e. The van der Waals surface area contributed by atoms with Gasteiger partial charge in [-0.05, 0) is 37.1 Å². The molecule has 1 fully saturated rings. The van der Waals surface area contributed by atoms with E-state index in [9.17, 15) is 4.79 Å². The molecule has 122 valence electrons. The van der Waals surface area contributed by atoms with Crippen molar-refractivity contribution in [2.45, 2.75) is 31.7 Å². The van der Waals surface area contributed by atoms with Crippen LogP contribution in [-0.2, 0) is 0 Å². The molecule has 7 heteroatoms. The first-order valence-corrected chi connectivity index (χ1v) is 7.63. The molecule has 0 spiro atoms. The summed E-state index contributed by atoms with van der Waals surface area (Å²) >= 11 is 5.78. The maximum Gasteiger partial charge on any atom is 0.251 e. The van der Waals surface area contributed by atoms with E-state index in [1.165, 1.54) is 12.8 Å². The minimum atomic E-state index is -0.135. The summed E-state index contributed by atoms with van der Waals surface area (Å²) < 4.78 is 0. The summed E-state index contributed by atoms with van der Waals surface area (Å²) in [5, 5.41) is 6.61. The molecule has 2 rings (SSSR count). The van der Waals surface area contributed by atoms with Crippen LogP contribution < -0.4 is 16.4 Å². The van der Waals surface area contributed by atoms with Gasteiger partial charge in [0.25, 0.3) is 5.91 Å². The van der Waals surface area contributed by atoms with Gasteiger partial charge in [0.1, 0.15) is 0 Å². The van der Waals surface area contributed by atoms with E-state index < -0.39 is 0 Å². The molecule has 1 saturated carbocycles. The van der Waals surface area contributed by atoms with Crippen LogP contribution in [0.25, 0.3) is 0 Å². The average Bonchev–Trinajstić information content (AvgIpc) is 2.97. The molecule has 0 aromatic heterocycles. The van der Waals surface area contributed by atoms with Crippen LogP contribution in [0.3, 0.4) is 0 Å². The van der Waals surface area contributed by atoms with Crippen LogP contribution in [0.5, 0.6) is 0 Å². The van der Waals surface area contributed by atoms with Gasteiger partial charge in [-0.1, -0.05) is 24.4 Å². The molecular formula is C15H22ClIN4O. The monoisotopic (exact) mass is 436 g/mol. The quantitative estimate of drug-likeness (QED) is 0.287. The van der Waals surface area contributed by atoms with Gasteiger partial charge >= 0.3 is 0 Å². The molecule has 1 aromatic rings. The van der Waals surface area contributed by atoms with Crippen LogP contribution in [0.2, 0.25) is 5.02 Å². The topological polar surface area (TPSA) is 79.5 Å². The van der Waals surface area contributed by atoms with Gasteiger partial charge in [-0.15, -0.1) is 24.0 Å². The van der Waals surface area contributed by atoms with Crippen LogP contribution in [0.15, 0.2) is 29.3 Å². The zero-order chi connectivity index (χ0) is 15.1. The standard InChI is InChI=1S/C15H21ClN4O.HI/c16-12-7-5-11(6-8-12)14(21)18-9-10-19-15(17)20-13-3-1-2-4-13;/h5-8,13H,1-4,9-10H2,(H,18,21)(H3,17,19,20);1H. The van der Waals surface area contributed by atoms with Crippen LogP contribution >= 0.6 is 35.6 Å². The maximum absolute atomic E-state index is 11.8. The fourth-order valence-electron chi connectivity index (χ4n) is 2.37. The minimum Gasteiger partial charge on any atom is -0.370 e. The number of benzene rings is 1. The van der Waals surface area contributed by atoms with Crippen LogP contribution in [0.1, 0.15) is 36.0 Å². The summed E-state index contributed by atoms with van der Waals surface area (Å²) in [6.45, 7) is 0.916. The Hall–Kier alpha value is -1.02. The Balaban J connectivity index is 0.00000242. The van der Waals surface area contributed by atoms with Crippen LogP contribution in [0.4, 0.5) is 0 Å². The van der Waals surface area contributed by atoms with Crippen molar-refractivity contribution in [3.05, 3.63) is 34.9 Å². The number of aliphatic imine (C=N–C) groups is 1. The molecule has 0 bridgehead atoms. The van der Waals surface area contributed by atoms with Crippen molar-refractivity contribution in [1.29, 1.82) is 0 Å². The number of nitrogens with zero attached hydrogens (tertiary/aromatic N) is 1. The van der Waals surface area contributed by atoms with Gasteiger partial charge < -0.3 is 16.4 Å². The molecule has 0 unspecified atom stereocenters. The zero-order valence-corrected chi connectivity index (χ0v) is 15.4. The predicted octanol–water partition coefficient (Wildman–Crippen LogP) is 2.53. The van der Waals surface area contributed by atoms with Gasteiger partial charge in [-0.25, -0.2) is 0 Å². The van der Waals surface area contributed by atoms with E-state index in [-0.39, 0.29) is 29.9 Å². The zero-order valence-electron chi connectivity index (χ0n) is 12.3. The lowest BCUT2D eigenvalue weighted by Crippen LogP contribution is -2.39. The fraction of sp³-hybridized carbons (Fsp3) is 0.467. The maximum atomic E-state index is 11.8. The number of amides is 1. The Bertz CT molecular complexity index is 501. The van der Waals surface area contributed by atoms with Crippen molar-refractivity contribution in [3.8, 4) is 0 Å². The normalized spacial score (nSPS) is 15.2. The second kappa shape index (κ2) is 9.89. The third kappa shape index (κ3) is 6.39.